The van der Waals surface area contributed by atoms with E-state index < -0.39 is 27.2 Å². The molecule has 2 fully saturated rings. The Bertz CT molecular complexity index is 937. The van der Waals surface area contributed by atoms with E-state index in [0.29, 0.717) is 18.2 Å². The molecule has 1 N–H and O–H groups in total. The summed E-state index contributed by atoms with van der Waals surface area (Å²) in [5.74, 6) is -1.59. The summed E-state index contributed by atoms with van der Waals surface area (Å²) in [6.07, 6.45) is 2.00. The summed E-state index contributed by atoms with van der Waals surface area (Å²) < 4.78 is 45.5. The zero-order valence-corrected chi connectivity index (χ0v) is 13.6. The number of fused-ring (bicyclic) bond motifs is 2. The lowest BCUT2D eigenvalue weighted by molar-refractivity contribution is -0.149. The first-order valence-electron chi connectivity index (χ1n) is 7.76. The molecule has 2 aromatic rings. The molecule has 1 aromatic carbocycles. The third-order valence-electron chi connectivity index (χ3n) is 5.32. The highest BCUT2D eigenvalue weighted by atomic mass is 32.2. The van der Waals surface area contributed by atoms with Crippen LogP contribution in [0, 0.1) is 17.2 Å². The normalized spacial score (nSPS) is 27.6. The fourth-order valence-electron chi connectivity index (χ4n) is 4.02. The Labute approximate surface area is 137 Å². The van der Waals surface area contributed by atoms with Crippen LogP contribution in [0.25, 0.3) is 11.0 Å². The molecule has 2 atom stereocenters. The maximum atomic E-state index is 13.3. The van der Waals surface area contributed by atoms with Gasteiger partial charge >= 0.3 is 5.97 Å². The lowest BCUT2D eigenvalue weighted by Gasteiger charge is -2.22. The summed E-state index contributed by atoms with van der Waals surface area (Å²) in [7, 11) is -3.95. The molecule has 1 aromatic heterocycles. The first-order chi connectivity index (χ1) is 11.3. The third-order valence-corrected chi connectivity index (χ3v) is 6.98. The molecule has 0 spiro atoms. The van der Waals surface area contributed by atoms with Crippen LogP contribution in [-0.4, -0.2) is 36.9 Å². The number of rotatable bonds is 3. The molecule has 0 unspecified atom stereocenters. The zero-order chi connectivity index (χ0) is 17.1. The molecule has 128 valence electrons. The standard InChI is InChI=1S/C16H16FNO5S/c17-12-3-4-13-10(6-12)7-14(23-13)24(21,22)18-8-11-2-1-5-16(11,9-18)15(19)20/h3-4,6-7,11H,1-2,5,8-9H2,(H,19,20)/t11-,16+/m0/s1. The van der Waals surface area contributed by atoms with Crippen LogP contribution in [0.1, 0.15) is 19.3 Å². The second-order valence-electron chi connectivity index (χ2n) is 6.60. The maximum absolute atomic E-state index is 13.3. The SMILES string of the molecule is O=C(O)[C@@]12CCC[C@H]1CN(S(=O)(=O)c1cc3cc(F)ccc3o1)C2. The quantitative estimate of drug-likeness (QED) is 0.916. The Morgan fingerprint density at radius 1 is 1.38 bits per heavy atom. The van der Waals surface area contributed by atoms with Crippen LogP contribution >= 0.6 is 0 Å². The number of hydrogen-bond donors (Lipinski definition) is 1. The lowest BCUT2D eigenvalue weighted by atomic mass is 9.81. The fourth-order valence-corrected chi connectivity index (χ4v) is 5.52. The third kappa shape index (κ3) is 2.09. The second kappa shape index (κ2) is 5.03. The van der Waals surface area contributed by atoms with E-state index in [4.69, 9.17) is 4.42 Å². The van der Waals surface area contributed by atoms with E-state index in [1.807, 2.05) is 0 Å². The van der Waals surface area contributed by atoms with Crippen LogP contribution in [0.2, 0.25) is 0 Å². The van der Waals surface area contributed by atoms with E-state index in [1.165, 1.54) is 28.6 Å². The van der Waals surface area contributed by atoms with Crippen LogP contribution < -0.4 is 0 Å². The summed E-state index contributed by atoms with van der Waals surface area (Å²) in [6, 6.07) is 5.06. The van der Waals surface area contributed by atoms with Crippen molar-refractivity contribution >= 4 is 27.0 Å². The molecule has 24 heavy (non-hydrogen) atoms. The molecular weight excluding hydrogens is 337 g/mol. The highest BCUT2D eigenvalue weighted by Gasteiger charge is 2.57. The van der Waals surface area contributed by atoms with E-state index in [-0.39, 0.29) is 29.7 Å². The van der Waals surface area contributed by atoms with Gasteiger partial charge in [0.25, 0.3) is 10.0 Å². The zero-order valence-electron chi connectivity index (χ0n) is 12.7. The predicted molar refractivity (Wildman–Crippen MR) is 82.3 cm³/mol. The van der Waals surface area contributed by atoms with Crippen molar-refractivity contribution in [1.29, 1.82) is 0 Å². The van der Waals surface area contributed by atoms with Gasteiger partial charge in [0.05, 0.1) is 5.41 Å². The van der Waals surface area contributed by atoms with Gasteiger partial charge in [-0.05, 0) is 37.0 Å². The molecular formula is C16H16FNO5S. The lowest BCUT2D eigenvalue weighted by Crippen LogP contribution is -2.37. The van der Waals surface area contributed by atoms with E-state index >= 15 is 0 Å². The van der Waals surface area contributed by atoms with E-state index in [1.54, 1.807) is 0 Å². The number of carbonyl (C=O) groups is 1. The summed E-state index contributed by atoms with van der Waals surface area (Å²) >= 11 is 0. The van der Waals surface area contributed by atoms with Crippen molar-refractivity contribution in [2.24, 2.45) is 11.3 Å². The predicted octanol–water partition coefficient (Wildman–Crippen LogP) is 2.45. The largest absolute Gasteiger partial charge is 0.481 e. The van der Waals surface area contributed by atoms with Crippen molar-refractivity contribution in [1.82, 2.24) is 4.31 Å². The van der Waals surface area contributed by atoms with Crippen molar-refractivity contribution in [2.75, 3.05) is 13.1 Å². The number of carboxylic acid groups (broad SMARTS) is 1. The minimum Gasteiger partial charge on any atom is -0.481 e. The van der Waals surface area contributed by atoms with Gasteiger partial charge in [-0.15, -0.1) is 0 Å². The molecule has 1 saturated carbocycles. The number of nitrogens with zero attached hydrogens (tertiary/aromatic N) is 1. The van der Waals surface area contributed by atoms with Crippen LogP contribution in [0.15, 0.2) is 33.8 Å². The fraction of sp³-hybridized carbons (Fsp3) is 0.438. The number of furan rings is 1. The monoisotopic (exact) mass is 353 g/mol. The molecule has 0 radical (unpaired) electrons. The minimum atomic E-state index is -3.95. The van der Waals surface area contributed by atoms with Crippen LogP contribution in [0.4, 0.5) is 4.39 Å². The Morgan fingerprint density at radius 2 is 2.17 bits per heavy atom. The molecule has 1 saturated heterocycles. The van der Waals surface area contributed by atoms with Gasteiger partial charge in [-0.3, -0.25) is 4.79 Å². The number of halogens is 1. The van der Waals surface area contributed by atoms with Crippen molar-refractivity contribution in [2.45, 2.75) is 24.4 Å². The molecule has 1 aliphatic carbocycles. The Hall–Kier alpha value is -1.93. The van der Waals surface area contributed by atoms with Gasteiger partial charge in [0.15, 0.2) is 0 Å². The van der Waals surface area contributed by atoms with Crippen molar-refractivity contribution in [3.05, 3.63) is 30.1 Å². The average Bonchev–Trinajstić information content (AvgIpc) is 3.18. The average molecular weight is 353 g/mol. The van der Waals surface area contributed by atoms with Gasteiger partial charge in [0.2, 0.25) is 5.09 Å². The molecule has 2 heterocycles. The van der Waals surface area contributed by atoms with Crippen LogP contribution in [0.5, 0.6) is 0 Å². The molecule has 2 aliphatic rings. The highest BCUT2D eigenvalue weighted by molar-refractivity contribution is 7.89. The number of carboxylic acids is 1. The first-order valence-corrected chi connectivity index (χ1v) is 9.20. The molecule has 8 heteroatoms. The molecule has 0 amide bonds. The minimum absolute atomic E-state index is 0.0409. The van der Waals surface area contributed by atoms with Crippen molar-refractivity contribution in [3.8, 4) is 0 Å². The van der Waals surface area contributed by atoms with Gasteiger partial charge in [-0.25, -0.2) is 12.8 Å². The summed E-state index contributed by atoms with van der Waals surface area (Å²) in [4.78, 5) is 11.7. The number of sulfonamides is 1. The molecule has 6 nitrogen and oxygen atoms in total. The Morgan fingerprint density at radius 3 is 2.88 bits per heavy atom. The van der Waals surface area contributed by atoms with Crippen LogP contribution in [-0.2, 0) is 14.8 Å². The van der Waals surface area contributed by atoms with Gasteiger partial charge in [-0.2, -0.15) is 4.31 Å². The first kappa shape index (κ1) is 15.6. The highest BCUT2D eigenvalue weighted by Crippen LogP contribution is 2.50. The molecule has 1 aliphatic heterocycles. The summed E-state index contributed by atoms with van der Waals surface area (Å²) in [5, 5.41) is 9.67. The van der Waals surface area contributed by atoms with E-state index in [0.717, 1.165) is 6.42 Å². The second-order valence-corrected chi connectivity index (χ2v) is 8.46. The van der Waals surface area contributed by atoms with Gasteiger partial charge in [0, 0.05) is 24.5 Å². The Balaban J connectivity index is 1.71. The maximum Gasteiger partial charge on any atom is 0.311 e. The van der Waals surface area contributed by atoms with Gasteiger partial charge in [0.1, 0.15) is 11.4 Å². The number of benzene rings is 1. The summed E-state index contributed by atoms with van der Waals surface area (Å²) in [5.41, 5.74) is -0.715. The van der Waals surface area contributed by atoms with Gasteiger partial charge < -0.3 is 9.52 Å². The number of hydrogen-bond acceptors (Lipinski definition) is 4. The number of aliphatic carboxylic acids is 1. The van der Waals surface area contributed by atoms with Crippen molar-refractivity contribution < 1.29 is 27.1 Å². The molecule has 0 bridgehead atoms. The van der Waals surface area contributed by atoms with Gasteiger partial charge in [-0.1, -0.05) is 6.42 Å². The van der Waals surface area contributed by atoms with E-state index in [9.17, 15) is 22.7 Å². The topological polar surface area (TPSA) is 87.8 Å². The summed E-state index contributed by atoms with van der Waals surface area (Å²) in [6.45, 7) is 0.140. The molecule has 4 rings (SSSR count). The van der Waals surface area contributed by atoms with Crippen molar-refractivity contribution in [3.63, 3.8) is 0 Å². The van der Waals surface area contributed by atoms with E-state index in [2.05, 4.69) is 0 Å². The smallest absolute Gasteiger partial charge is 0.311 e. The Kier molecular flexibility index (Phi) is 3.27. The van der Waals surface area contributed by atoms with Crippen LogP contribution in [0.3, 0.4) is 0 Å².